The standard InChI is InChI=1S/C17H20FN3O2S/c1-11(20-17(23)15-5-4-8-24-15)16(22)19-10-12-6-7-14(21(2)3)13(18)9-12/h4-9,11H,10H2,1-3H3,(H,19,22)(H,20,23)/t11-/m1/s1. The molecule has 0 unspecified atom stereocenters. The molecule has 2 aromatic rings. The van der Waals surface area contributed by atoms with Gasteiger partial charge in [0, 0.05) is 20.6 Å². The molecule has 0 bridgehead atoms. The molecule has 0 saturated carbocycles. The molecule has 1 aromatic heterocycles. The van der Waals surface area contributed by atoms with Crippen molar-refractivity contribution >= 4 is 28.8 Å². The minimum atomic E-state index is -0.675. The van der Waals surface area contributed by atoms with Crippen molar-refractivity contribution in [2.45, 2.75) is 19.5 Å². The van der Waals surface area contributed by atoms with Crippen LogP contribution in [0.5, 0.6) is 0 Å². The van der Waals surface area contributed by atoms with Gasteiger partial charge in [-0.2, -0.15) is 0 Å². The Morgan fingerprint density at radius 1 is 1.29 bits per heavy atom. The first kappa shape index (κ1) is 17.9. The molecule has 5 nitrogen and oxygen atoms in total. The fourth-order valence-corrected chi connectivity index (χ4v) is 2.73. The van der Waals surface area contributed by atoms with Crippen molar-refractivity contribution in [3.63, 3.8) is 0 Å². The molecule has 1 aromatic carbocycles. The topological polar surface area (TPSA) is 61.4 Å². The number of hydrogen-bond donors (Lipinski definition) is 2. The summed E-state index contributed by atoms with van der Waals surface area (Å²) in [5, 5.41) is 7.12. The molecule has 0 aliphatic carbocycles. The van der Waals surface area contributed by atoms with E-state index in [1.807, 2.05) is 0 Å². The Labute approximate surface area is 144 Å². The fraction of sp³-hybridized carbons (Fsp3) is 0.294. The molecule has 0 aliphatic heterocycles. The molecule has 1 atom stereocenters. The maximum atomic E-state index is 13.9. The lowest BCUT2D eigenvalue weighted by Crippen LogP contribution is -2.44. The molecule has 24 heavy (non-hydrogen) atoms. The van der Waals surface area contributed by atoms with E-state index in [0.717, 1.165) is 0 Å². The molecule has 0 saturated heterocycles. The number of nitrogens with one attached hydrogen (secondary N) is 2. The zero-order valence-corrected chi connectivity index (χ0v) is 14.6. The summed E-state index contributed by atoms with van der Waals surface area (Å²) in [5.74, 6) is -0.947. The quantitative estimate of drug-likeness (QED) is 0.842. The fourth-order valence-electron chi connectivity index (χ4n) is 2.11. The largest absolute Gasteiger partial charge is 0.375 e. The van der Waals surface area contributed by atoms with Gasteiger partial charge in [-0.1, -0.05) is 12.1 Å². The van der Waals surface area contributed by atoms with E-state index in [-0.39, 0.29) is 24.2 Å². The maximum Gasteiger partial charge on any atom is 0.261 e. The summed E-state index contributed by atoms with van der Waals surface area (Å²) in [7, 11) is 3.52. The van der Waals surface area contributed by atoms with Crippen LogP contribution in [0.2, 0.25) is 0 Å². The summed E-state index contributed by atoms with van der Waals surface area (Å²) >= 11 is 1.31. The van der Waals surface area contributed by atoms with Gasteiger partial charge in [0.25, 0.3) is 5.91 Å². The predicted octanol–water partition coefficient (Wildman–Crippen LogP) is 2.39. The lowest BCUT2D eigenvalue weighted by molar-refractivity contribution is -0.122. The van der Waals surface area contributed by atoms with E-state index >= 15 is 0 Å². The van der Waals surface area contributed by atoms with Crippen molar-refractivity contribution < 1.29 is 14.0 Å². The number of rotatable bonds is 6. The SMILES string of the molecule is C[C@@H](NC(=O)c1cccs1)C(=O)NCc1ccc(N(C)C)c(F)c1. The molecule has 0 radical (unpaired) electrons. The zero-order chi connectivity index (χ0) is 17.7. The number of hydrogen-bond acceptors (Lipinski definition) is 4. The van der Waals surface area contributed by atoms with Gasteiger partial charge >= 0.3 is 0 Å². The summed E-state index contributed by atoms with van der Waals surface area (Å²) in [6.45, 7) is 1.80. The number of amides is 2. The number of nitrogens with zero attached hydrogens (tertiary/aromatic N) is 1. The van der Waals surface area contributed by atoms with Crippen LogP contribution in [0.1, 0.15) is 22.2 Å². The van der Waals surface area contributed by atoms with Crippen LogP contribution in [-0.4, -0.2) is 32.0 Å². The Morgan fingerprint density at radius 3 is 2.62 bits per heavy atom. The normalized spacial score (nSPS) is 11.7. The Bertz CT molecular complexity index is 717. The highest BCUT2D eigenvalue weighted by atomic mass is 32.1. The molecular formula is C17H20FN3O2S. The van der Waals surface area contributed by atoms with Gasteiger partial charge in [0.1, 0.15) is 11.9 Å². The first-order valence-corrected chi connectivity index (χ1v) is 8.34. The molecule has 1 heterocycles. The van der Waals surface area contributed by atoms with Crippen molar-refractivity contribution in [2.24, 2.45) is 0 Å². The third-order valence-corrected chi connectivity index (χ3v) is 4.32. The van der Waals surface area contributed by atoms with E-state index in [0.29, 0.717) is 16.1 Å². The second-order valence-corrected chi connectivity index (χ2v) is 6.52. The highest BCUT2D eigenvalue weighted by molar-refractivity contribution is 7.12. The Balaban J connectivity index is 1.88. The number of halogens is 1. The minimum Gasteiger partial charge on any atom is -0.375 e. The van der Waals surface area contributed by atoms with Gasteiger partial charge in [-0.25, -0.2) is 4.39 Å². The molecule has 7 heteroatoms. The van der Waals surface area contributed by atoms with Gasteiger partial charge in [-0.05, 0) is 36.1 Å². The van der Waals surface area contributed by atoms with Crippen molar-refractivity contribution in [3.8, 4) is 0 Å². The average Bonchev–Trinajstić information content (AvgIpc) is 3.06. The van der Waals surface area contributed by atoms with Gasteiger partial charge in [0.15, 0.2) is 0 Å². The maximum absolute atomic E-state index is 13.9. The first-order valence-electron chi connectivity index (χ1n) is 7.46. The van der Waals surface area contributed by atoms with Gasteiger partial charge in [0.2, 0.25) is 5.91 Å². The summed E-state index contributed by atoms with van der Waals surface area (Å²) in [4.78, 5) is 26.2. The second-order valence-electron chi connectivity index (χ2n) is 5.57. The summed E-state index contributed by atoms with van der Waals surface area (Å²) in [5.41, 5.74) is 1.14. The van der Waals surface area contributed by atoms with Crippen LogP contribution in [0, 0.1) is 5.82 Å². The molecular weight excluding hydrogens is 329 g/mol. The zero-order valence-electron chi connectivity index (χ0n) is 13.8. The highest BCUT2D eigenvalue weighted by Gasteiger charge is 2.17. The van der Waals surface area contributed by atoms with Gasteiger partial charge in [0.05, 0.1) is 10.6 Å². The van der Waals surface area contributed by atoms with Crippen LogP contribution in [0.4, 0.5) is 10.1 Å². The lowest BCUT2D eigenvalue weighted by Gasteiger charge is -2.16. The summed E-state index contributed by atoms with van der Waals surface area (Å²) in [6, 6.07) is 7.61. The molecule has 2 rings (SSSR count). The molecule has 0 aliphatic rings. The van der Waals surface area contributed by atoms with Crippen molar-refractivity contribution in [3.05, 3.63) is 52.0 Å². The van der Waals surface area contributed by atoms with E-state index < -0.39 is 6.04 Å². The summed E-state index contributed by atoms with van der Waals surface area (Å²) < 4.78 is 13.9. The smallest absolute Gasteiger partial charge is 0.261 e. The molecule has 2 N–H and O–H groups in total. The van der Waals surface area contributed by atoms with Crippen LogP contribution in [-0.2, 0) is 11.3 Å². The molecule has 2 amide bonds. The van der Waals surface area contributed by atoms with Crippen molar-refractivity contribution in [2.75, 3.05) is 19.0 Å². The van der Waals surface area contributed by atoms with E-state index in [2.05, 4.69) is 10.6 Å². The van der Waals surface area contributed by atoms with E-state index in [1.165, 1.54) is 17.4 Å². The second kappa shape index (κ2) is 7.92. The third-order valence-electron chi connectivity index (χ3n) is 3.45. The Morgan fingerprint density at radius 2 is 2.04 bits per heavy atom. The Kier molecular flexibility index (Phi) is 5.92. The minimum absolute atomic E-state index is 0.197. The lowest BCUT2D eigenvalue weighted by atomic mass is 10.2. The number of carbonyl (C=O) groups excluding carboxylic acids is 2. The number of benzene rings is 1. The van der Waals surface area contributed by atoms with Gasteiger partial charge in [-0.15, -0.1) is 11.3 Å². The number of carbonyl (C=O) groups is 2. The monoisotopic (exact) mass is 349 g/mol. The average molecular weight is 349 g/mol. The van der Waals surface area contributed by atoms with E-state index in [9.17, 15) is 14.0 Å². The molecule has 128 valence electrons. The third kappa shape index (κ3) is 4.55. The molecule has 0 fully saturated rings. The van der Waals surface area contributed by atoms with Gasteiger partial charge < -0.3 is 15.5 Å². The van der Waals surface area contributed by atoms with Gasteiger partial charge in [-0.3, -0.25) is 9.59 Å². The number of anilines is 1. The Hall–Kier alpha value is -2.41. The van der Waals surface area contributed by atoms with Crippen LogP contribution in [0.15, 0.2) is 35.7 Å². The first-order chi connectivity index (χ1) is 11.4. The van der Waals surface area contributed by atoms with E-state index in [4.69, 9.17) is 0 Å². The van der Waals surface area contributed by atoms with Crippen LogP contribution in [0.25, 0.3) is 0 Å². The predicted molar refractivity (Wildman–Crippen MR) is 93.8 cm³/mol. The van der Waals surface area contributed by atoms with Crippen molar-refractivity contribution in [1.82, 2.24) is 10.6 Å². The van der Waals surface area contributed by atoms with Crippen LogP contribution >= 0.6 is 11.3 Å². The van der Waals surface area contributed by atoms with Crippen LogP contribution < -0.4 is 15.5 Å². The van der Waals surface area contributed by atoms with Crippen molar-refractivity contribution in [1.29, 1.82) is 0 Å². The summed E-state index contributed by atoms with van der Waals surface area (Å²) in [6.07, 6.45) is 0. The van der Waals surface area contributed by atoms with Crippen LogP contribution in [0.3, 0.4) is 0 Å². The number of thiophene rings is 1. The highest BCUT2D eigenvalue weighted by Crippen LogP contribution is 2.18. The van der Waals surface area contributed by atoms with E-state index in [1.54, 1.807) is 55.6 Å². The molecule has 0 spiro atoms.